The minimum absolute atomic E-state index is 0.0274. The molecular weight excluding hydrogens is 220 g/mol. The first-order chi connectivity index (χ1) is 8.06. The van der Waals surface area contributed by atoms with E-state index in [-0.39, 0.29) is 24.0 Å². The Balaban J connectivity index is 2.44. The van der Waals surface area contributed by atoms with Crippen molar-refractivity contribution in [3.63, 3.8) is 0 Å². The molecule has 1 fully saturated rings. The lowest BCUT2D eigenvalue weighted by Crippen LogP contribution is -2.51. The van der Waals surface area contributed by atoms with E-state index in [1.807, 2.05) is 18.7 Å². The monoisotopic (exact) mass is 244 g/mol. The number of carbonyl (C=O) groups is 1. The van der Waals surface area contributed by atoms with Gasteiger partial charge in [-0.15, -0.1) is 0 Å². The number of ether oxygens (including phenoxy) is 2. The molecule has 1 aliphatic heterocycles. The molecule has 100 valence electrons. The van der Waals surface area contributed by atoms with Gasteiger partial charge in [0.25, 0.3) is 0 Å². The molecule has 1 amide bonds. The smallest absolute Gasteiger partial charge is 0.223 e. The summed E-state index contributed by atoms with van der Waals surface area (Å²) < 4.78 is 10.7. The number of morpholine rings is 1. The lowest BCUT2D eigenvalue weighted by molar-refractivity contribution is -0.144. The highest BCUT2D eigenvalue weighted by atomic mass is 16.5. The number of hydrogen-bond donors (Lipinski definition) is 1. The van der Waals surface area contributed by atoms with Crippen LogP contribution in [0.3, 0.4) is 0 Å². The predicted octanol–water partition coefficient (Wildman–Crippen LogP) is 0.234. The number of methoxy groups -OCH3 is 1. The van der Waals surface area contributed by atoms with Crippen LogP contribution in [0.4, 0.5) is 0 Å². The zero-order chi connectivity index (χ0) is 12.8. The third kappa shape index (κ3) is 4.61. The lowest BCUT2D eigenvalue weighted by Gasteiger charge is -2.36. The minimum atomic E-state index is -0.0274. The van der Waals surface area contributed by atoms with Gasteiger partial charge in [0.1, 0.15) is 0 Å². The fourth-order valence-corrected chi connectivity index (χ4v) is 2.15. The van der Waals surface area contributed by atoms with Crippen molar-refractivity contribution in [2.24, 2.45) is 11.7 Å². The van der Waals surface area contributed by atoms with Crippen LogP contribution in [-0.2, 0) is 14.3 Å². The third-order valence-corrected chi connectivity index (χ3v) is 2.92. The molecule has 17 heavy (non-hydrogen) atoms. The second-order valence-corrected chi connectivity index (χ2v) is 4.87. The molecule has 2 N–H and O–H groups in total. The Hall–Kier alpha value is -0.650. The van der Waals surface area contributed by atoms with Crippen LogP contribution in [0.15, 0.2) is 0 Å². The third-order valence-electron chi connectivity index (χ3n) is 2.92. The van der Waals surface area contributed by atoms with Gasteiger partial charge in [0, 0.05) is 39.8 Å². The van der Waals surface area contributed by atoms with Gasteiger partial charge in [0.2, 0.25) is 5.91 Å². The summed E-state index contributed by atoms with van der Waals surface area (Å²) in [4.78, 5) is 13.9. The minimum Gasteiger partial charge on any atom is -0.384 e. The van der Waals surface area contributed by atoms with E-state index < -0.39 is 0 Å². The maximum Gasteiger partial charge on any atom is 0.223 e. The van der Waals surface area contributed by atoms with Gasteiger partial charge in [-0.1, -0.05) is 6.92 Å². The maximum absolute atomic E-state index is 12.1. The van der Waals surface area contributed by atoms with E-state index in [4.69, 9.17) is 15.2 Å². The van der Waals surface area contributed by atoms with E-state index in [2.05, 4.69) is 0 Å². The Kier molecular flexibility index (Phi) is 5.88. The number of hydrogen-bond acceptors (Lipinski definition) is 4. The van der Waals surface area contributed by atoms with Gasteiger partial charge in [-0.05, 0) is 12.8 Å². The molecule has 3 atom stereocenters. The van der Waals surface area contributed by atoms with E-state index in [1.165, 1.54) is 0 Å². The summed E-state index contributed by atoms with van der Waals surface area (Å²) in [7, 11) is 1.65. The molecule has 0 aromatic carbocycles. The highest BCUT2D eigenvalue weighted by molar-refractivity contribution is 5.76. The summed E-state index contributed by atoms with van der Waals surface area (Å²) in [5, 5.41) is 0. The fourth-order valence-electron chi connectivity index (χ4n) is 2.15. The van der Waals surface area contributed by atoms with Gasteiger partial charge in [-0.25, -0.2) is 0 Å². The average Bonchev–Trinajstić information content (AvgIpc) is 2.28. The van der Waals surface area contributed by atoms with Crippen LogP contribution in [-0.4, -0.2) is 56.4 Å². The van der Waals surface area contributed by atoms with E-state index in [0.29, 0.717) is 32.7 Å². The van der Waals surface area contributed by atoms with E-state index >= 15 is 0 Å². The summed E-state index contributed by atoms with van der Waals surface area (Å²) in [6.45, 7) is 6.34. The van der Waals surface area contributed by atoms with Crippen molar-refractivity contribution < 1.29 is 14.3 Å². The normalized spacial score (nSPS) is 26.9. The van der Waals surface area contributed by atoms with Crippen molar-refractivity contribution >= 4 is 5.91 Å². The second-order valence-electron chi connectivity index (χ2n) is 4.87. The van der Waals surface area contributed by atoms with Crippen molar-refractivity contribution in [2.75, 3.05) is 33.4 Å². The Morgan fingerprint density at radius 1 is 1.59 bits per heavy atom. The average molecular weight is 244 g/mol. The first-order valence-corrected chi connectivity index (χ1v) is 6.19. The summed E-state index contributed by atoms with van der Waals surface area (Å²) in [6.07, 6.45) is 0.567. The Labute approximate surface area is 103 Å². The largest absolute Gasteiger partial charge is 0.384 e. The van der Waals surface area contributed by atoms with Crippen molar-refractivity contribution in [3.05, 3.63) is 0 Å². The van der Waals surface area contributed by atoms with Crippen LogP contribution in [0.1, 0.15) is 20.3 Å². The van der Waals surface area contributed by atoms with Crippen molar-refractivity contribution in [2.45, 2.75) is 32.5 Å². The molecular formula is C12H24N2O3. The van der Waals surface area contributed by atoms with Gasteiger partial charge >= 0.3 is 0 Å². The first-order valence-electron chi connectivity index (χ1n) is 6.19. The predicted molar refractivity (Wildman–Crippen MR) is 65.6 cm³/mol. The van der Waals surface area contributed by atoms with E-state index in [0.717, 1.165) is 0 Å². The molecule has 1 saturated heterocycles. The number of amides is 1. The Bertz CT molecular complexity index is 248. The molecule has 0 bridgehead atoms. The highest BCUT2D eigenvalue weighted by Crippen LogP contribution is 2.13. The number of nitrogens with two attached hydrogens (primary N) is 1. The van der Waals surface area contributed by atoms with Crippen molar-refractivity contribution in [1.29, 1.82) is 0 Å². The van der Waals surface area contributed by atoms with Crippen LogP contribution in [0.5, 0.6) is 0 Å². The maximum atomic E-state index is 12.1. The molecule has 0 spiro atoms. The van der Waals surface area contributed by atoms with E-state index in [1.54, 1.807) is 7.11 Å². The second kappa shape index (κ2) is 6.93. The van der Waals surface area contributed by atoms with Gasteiger partial charge in [-0.3, -0.25) is 4.79 Å². The number of rotatable bonds is 5. The summed E-state index contributed by atoms with van der Waals surface area (Å²) >= 11 is 0. The zero-order valence-electron chi connectivity index (χ0n) is 11.0. The number of nitrogens with zero attached hydrogens (tertiary/aromatic N) is 1. The molecule has 1 heterocycles. The molecule has 1 rings (SSSR count). The van der Waals surface area contributed by atoms with Crippen molar-refractivity contribution in [1.82, 2.24) is 4.90 Å². The Morgan fingerprint density at radius 2 is 2.29 bits per heavy atom. The van der Waals surface area contributed by atoms with Gasteiger partial charge in [0.05, 0.1) is 12.2 Å². The zero-order valence-corrected chi connectivity index (χ0v) is 11.0. The molecule has 1 aliphatic rings. The fraction of sp³-hybridized carbons (Fsp3) is 0.917. The van der Waals surface area contributed by atoms with Crippen LogP contribution in [0.25, 0.3) is 0 Å². The van der Waals surface area contributed by atoms with Gasteiger partial charge in [0.15, 0.2) is 0 Å². The summed E-state index contributed by atoms with van der Waals surface area (Å²) in [5.74, 6) is 0.421. The SMILES string of the molecule is COCC(C)CC(=O)N1CC(C)OC(CN)C1. The van der Waals surface area contributed by atoms with Gasteiger partial charge < -0.3 is 20.1 Å². The van der Waals surface area contributed by atoms with Crippen molar-refractivity contribution in [3.8, 4) is 0 Å². The topological polar surface area (TPSA) is 64.8 Å². The van der Waals surface area contributed by atoms with E-state index in [9.17, 15) is 4.79 Å². The van der Waals surface area contributed by atoms with Crippen LogP contribution in [0, 0.1) is 5.92 Å². The van der Waals surface area contributed by atoms with Gasteiger partial charge in [-0.2, -0.15) is 0 Å². The molecule has 0 aliphatic carbocycles. The molecule has 0 aromatic heterocycles. The molecule has 0 saturated carbocycles. The molecule has 5 nitrogen and oxygen atoms in total. The molecule has 5 heteroatoms. The quantitative estimate of drug-likeness (QED) is 0.752. The highest BCUT2D eigenvalue weighted by Gasteiger charge is 2.27. The van der Waals surface area contributed by atoms with Crippen LogP contribution < -0.4 is 5.73 Å². The molecule has 0 radical (unpaired) electrons. The van der Waals surface area contributed by atoms with Crippen LogP contribution >= 0.6 is 0 Å². The summed E-state index contributed by atoms with van der Waals surface area (Å²) in [5.41, 5.74) is 5.59. The molecule has 3 unspecified atom stereocenters. The first kappa shape index (κ1) is 14.4. The number of carbonyl (C=O) groups excluding carboxylic acids is 1. The Morgan fingerprint density at radius 3 is 2.88 bits per heavy atom. The molecule has 0 aromatic rings. The standard InChI is InChI=1S/C12H24N2O3/c1-9(8-16-3)4-12(15)14-6-10(2)17-11(5-13)7-14/h9-11H,4-8,13H2,1-3H3. The van der Waals surface area contributed by atoms with Crippen LogP contribution in [0.2, 0.25) is 0 Å². The summed E-state index contributed by atoms with van der Waals surface area (Å²) in [6, 6.07) is 0. The lowest BCUT2D eigenvalue weighted by atomic mass is 10.1.